The van der Waals surface area contributed by atoms with Gasteiger partial charge >= 0.3 is 0 Å². The van der Waals surface area contributed by atoms with Crippen molar-refractivity contribution in [3.63, 3.8) is 0 Å². The van der Waals surface area contributed by atoms with Crippen molar-refractivity contribution in [2.45, 2.75) is 17.9 Å². The maximum atomic E-state index is 11.7. The summed E-state index contributed by atoms with van der Waals surface area (Å²) in [5.74, 6) is 0.463. The highest BCUT2D eigenvalue weighted by Gasteiger charge is 2.11. The Balaban J connectivity index is 2.77. The SMILES string of the molecule is CC(CN)S(=O)Cc1ccc(Br)cc1Cl. The van der Waals surface area contributed by atoms with Gasteiger partial charge in [-0.05, 0) is 24.6 Å². The molecule has 2 atom stereocenters. The lowest BCUT2D eigenvalue weighted by atomic mass is 10.2. The normalized spacial score (nSPS) is 14.9. The van der Waals surface area contributed by atoms with Crippen LogP contribution in [0.3, 0.4) is 0 Å². The number of rotatable bonds is 4. The van der Waals surface area contributed by atoms with Crippen LogP contribution in [-0.2, 0) is 16.6 Å². The quantitative estimate of drug-likeness (QED) is 0.929. The second-order valence-electron chi connectivity index (χ2n) is 3.31. The molecule has 0 aliphatic carbocycles. The van der Waals surface area contributed by atoms with Crippen LogP contribution in [0, 0.1) is 0 Å². The first kappa shape index (κ1) is 13.2. The van der Waals surface area contributed by atoms with E-state index in [2.05, 4.69) is 15.9 Å². The fraction of sp³-hybridized carbons (Fsp3) is 0.400. The Labute approximate surface area is 106 Å². The highest BCUT2D eigenvalue weighted by Crippen LogP contribution is 2.22. The molecule has 0 fully saturated rings. The van der Waals surface area contributed by atoms with E-state index in [0.717, 1.165) is 10.0 Å². The molecule has 0 saturated carbocycles. The Kier molecular flexibility index (Phi) is 5.26. The number of hydrogen-bond donors (Lipinski definition) is 1. The fourth-order valence-corrected chi connectivity index (χ4v) is 2.92. The largest absolute Gasteiger partial charge is 0.329 e. The number of hydrogen-bond acceptors (Lipinski definition) is 2. The lowest BCUT2D eigenvalue weighted by Crippen LogP contribution is -2.22. The zero-order valence-corrected chi connectivity index (χ0v) is 11.5. The molecule has 0 aliphatic rings. The molecule has 0 heterocycles. The molecule has 2 unspecified atom stereocenters. The van der Waals surface area contributed by atoms with Gasteiger partial charge in [-0.2, -0.15) is 0 Å². The zero-order chi connectivity index (χ0) is 11.4. The monoisotopic (exact) mass is 309 g/mol. The van der Waals surface area contributed by atoms with Crippen LogP contribution in [0.5, 0.6) is 0 Å². The summed E-state index contributed by atoms with van der Waals surface area (Å²) in [5, 5.41) is 0.645. The Hall–Kier alpha value is 0.1000. The van der Waals surface area contributed by atoms with Crippen molar-refractivity contribution in [2.75, 3.05) is 6.54 Å². The summed E-state index contributed by atoms with van der Waals surface area (Å²) in [6, 6.07) is 5.58. The molecule has 1 aromatic carbocycles. The molecule has 2 nitrogen and oxygen atoms in total. The molecule has 0 bridgehead atoms. The molecule has 1 aromatic rings. The van der Waals surface area contributed by atoms with Gasteiger partial charge in [-0.3, -0.25) is 4.21 Å². The van der Waals surface area contributed by atoms with Gasteiger partial charge in [0.1, 0.15) is 0 Å². The van der Waals surface area contributed by atoms with Crippen molar-refractivity contribution in [3.8, 4) is 0 Å². The molecule has 1 rings (SSSR count). The first-order valence-corrected chi connectivity index (χ1v) is 7.11. The van der Waals surface area contributed by atoms with Gasteiger partial charge in [-0.15, -0.1) is 0 Å². The summed E-state index contributed by atoms with van der Waals surface area (Å²) in [4.78, 5) is 0. The molecule has 0 saturated heterocycles. The predicted octanol–water partition coefficient (Wildman–Crippen LogP) is 2.70. The van der Waals surface area contributed by atoms with Crippen LogP contribution in [0.25, 0.3) is 0 Å². The van der Waals surface area contributed by atoms with Gasteiger partial charge in [0.25, 0.3) is 0 Å². The van der Waals surface area contributed by atoms with Crippen LogP contribution < -0.4 is 5.73 Å². The summed E-state index contributed by atoms with van der Waals surface area (Å²) >= 11 is 9.35. The summed E-state index contributed by atoms with van der Waals surface area (Å²) < 4.78 is 12.7. The van der Waals surface area contributed by atoms with Crippen LogP contribution in [0.4, 0.5) is 0 Å². The van der Waals surface area contributed by atoms with Gasteiger partial charge < -0.3 is 5.73 Å². The van der Waals surface area contributed by atoms with Crippen LogP contribution in [0.2, 0.25) is 5.02 Å². The Morgan fingerprint density at radius 1 is 1.60 bits per heavy atom. The molecule has 84 valence electrons. The average Bonchev–Trinajstić information content (AvgIpc) is 2.20. The standard InChI is InChI=1S/C10H13BrClNOS/c1-7(5-13)15(14)6-8-2-3-9(11)4-10(8)12/h2-4,7H,5-6,13H2,1H3. The average molecular weight is 311 g/mol. The summed E-state index contributed by atoms with van der Waals surface area (Å²) in [5.41, 5.74) is 6.36. The van der Waals surface area contributed by atoms with Crippen molar-refractivity contribution in [1.82, 2.24) is 0 Å². The van der Waals surface area contributed by atoms with E-state index in [4.69, 9.17) is 17.3 Å². The smallest absolute Gasteiger partial charge is 0.0503 e. The molecular weight excluding hydrogens is 298 g/mol. The minimum Gasteiger partial charge on any atom is -0.329 e. The van der Waals surface area contributed by atoms with E-state index in [1.807, 2.05) is 19.1 Å². The maximum Gasteiger partial charge on any atom is 0.0503 e. The van der Waals surface area contributed by atoms with Crippen LogP contribution >= 0.6 is 27.5 Å². The third-order valence-electron chi connectivity index (χ3n) is 2.09. The minimum absolute atomic E-state index is 0.00436. The van der Waals surface area contributed by atoms with Crippen LogP contribution in [0.15, 0.2) is 22.7 Å². The highest BCUT2D eigenvalue weighted by atomic mass is 79.9. The maximum absolute atomic E-state index is 11.7. The molecular formula is C10H13BrClNOS. The summed E-state index contributed by atoms with van der Waals surface area (Å²) in [6.45, 7) is 2.31. The fourth-order valence-electron chi connectivity index (χ4n) is 1.04. The Morgan fingerprint density at radius 3 is 2.80 bits per heavy atom. The zero-order valence-electron chi connectivity index (χ0n) is 8.37. The van der Waals surface area contributed by atoms with Gasteiger partial charge in [-0.1, -0.05) is 33.6 Å². The highest BCUT2D eigenvalue weighted by molar-refractivity contribution is 9.10. The topological polar surface area (TPSA) is 43.1 Å². The second kappa shape index (κ2) is 5.99. The first-order valence-electron chi connectivity index (χ1n) is 4.55. The van der Waals surface area contributed by atoms with E-state index >= 15 is 0 Å². The van der Waals surface area contributed by atoms with E-state index in [1.165, 1.54) is 0 Å². The third-order valence-corrected chi connectivity index (χ3v) is 4.62. The van der Waals surface area contributed by atoms with Gasteiger partial charge in [0.15, 0.2) is 0 Å². The third kappa shape index (κ3) is 3.87. The van der Waals surface area contributed by atoms with Gasteiger partial charge in [0.2, 0.25) is 0 Å². The molecule has 0 aliphatic heterocycles. The van der Waals surface area contributed by atoms with E-state index < -0.39 is 10.8 Å². The molecule has 0 amide bonds. The Bertz CT molecular complexity index is 372. The predicted molar refractivity (Wildman–Crippen MR) is 69.5 cm³/mol. The Morgan fingerprint density at radius 2 is 2.27 bits per heavy atom. The van der Waals surface area contributed by atoms with Crippen LogP contribution in [-0.4, -0.2) is 16.0 Å². The molecule has 5 heteroatoms. The molecule has 2 N–H and O–H groups in total. The number of halogens is 2. The lowest BCUT2D eigenvalue weighted by Gasteiger charge is -2.09. The first-order chi connectivity index (χ1) is 7.04. The second-order valence-corrected chi connectivity index (χ2v) is 6.48. The van der Waals surface area contributed by atoms with Gasteiger partial charge in [0, 0.05) is 32.1 Å². The molecule has 0 spiro atoms. The molecule has 0 radical (unpaired) electrons. The van der Waals surface area contributed by atoms with Crippen molar-refractivity contribution in [1.29, 1.82) is 0 Å². The summed E-state index contributed by atoms with van der Waals surface area (Å²) in [7, 11) is -0.957. The van der Waals surface area contributed by atoms with E-state index in [0.29, 0.717) is 17.3 Å². The van der Waals surface area contributed by atoms with Gasteiger partial charge in [0.05, 0.1) is 5.75 Å². The lowest BCUT2D eigenvalue weighted by molar-refractivity contribution is 0.672. The van der Waals surface area contributed by atoms with Crippen molar-refractivity contribution in [3.05, 3.63) is 33.3 Å². The van der Waals surface area contributed by atoms with E-state index in [1.54, 1.807) is 6.07 Å². The van der Waals surface area contributed by atoms with Crippen molar-refractivity contribution >= 4 is 38.3 Å². The molecule has 0 aromatic heterocycles. The summed E-state index contributed by atoms with van der Waals surface area (Å²) in [6.07, 6.45) is 0. The van der Waals surface area contributed by atoms with E-state index in [9.17, 15) is 4.21 Å². The van der Waals surface area contributed by atoms with Crippen LogP contribution in [0.1, 0.15) is 12.5 Å². The molecule has 15 heavy (non-hydrogen) atoms. The van der Waals surface area contributed by atoms with Gasteiger partial charge in [-0.25, -0.2) is 0 Å². The van der Waals surface area contributed by atoms with Crippen molar-refractivity contribution in [2.24, 2.45) is 5.73 Å². The number of nitrogens with two attached hydrogens (primary N) is 1. The minimum atomic E-state index is -0.957. The van der Waals surface area contributed by atoms with E-state index in [-0.39, 0.29) is 5.25 Å². The van der Waals surface area contributed by atoms with Crippen molar-refractivity contribution < 1.29 is 4.21 Å². The number of benzene rings is 1.